The Morgan fingerprint density at radius 2 is 1.64 bits per heavy atom. The number of rotatable bonds is 1. The van der Waals surface area contributed by atoms with Gasteiger partial charge in [0.2, 0.25) is 0 Å². The van der Waals surface area contributed by atoms with Gasteiger partial charge in [0.25, 0.3) is 0 Å². The molecule has 0 saturated carbocycles. The molecular formula is C13H23N. The zero-order chi connectivity index (χ0) is 11.4. The molecule has 0 saturated heterocycles. The largest absolute Gasteiger partial charge is 0.258 e. The van der Waals surface area contributed by atoms with Gasteiger partial charge in [-0.3, -0.25) is 4.98 Å². The van der Waals surface area contributed by atoms with E-state index in [2.05, 4.69) is 38.9 Å². The SMILES string of the molecule is C=C.CCC.CCc1cccc(C)n1. The summed E-state index contributed by atoms with van der Waals surface area (Å²) in [5, 5.41) is 0. The van der Waals surface area contributed by atoms with Gasteiger partial charge in [0.1, 0.15) is 0 Å². The van der Waals surface area contributed by atoms with Gasteiger partial charge in [0.15, 0.2) is 0 Å². The highest BCUT2D eigenvalue weighted by atomic mass is 14.7. The van der Waals surface area contributed by atoms with Crippen molar-refractivity contribution in [3.63, 3.8) is 0 Å². The van der Waals surface area contributed by atoms with Crippen LogP contribution in [0.15, 0.2) is 31.4 Å². The van der Waals surface area contributed by atoms with Crippen molar-refractivity contribution in [3.8, 4) is 0 Å². The van der Waals surface area contributed by atoms with Crippen molar-refractivity contribution in [2.24, 2.45) is 0 Å². The Kier molecular flexibility index (Phi) is 13.1. The van der Waals surface area contributed by atoms with Crippen LogP contribution in [-0.4, -0.2) is 4.98 Å². The monoisotopic (exact) mass is 193 g/mol. The van der Waals surface area contributed by atoms with Gasteiger partial charge in [-0.25, -0.2) is 0 Å². The van der Waals surface area contributed by atoms with Gasteiger partial charge >= 0.3 is 0 Å². The van der Waals surface area contributed by atoms with E-state index >= 15 is 0 Å². The van der Waals surface area contributed by atoms with Crippen molar-refractivity contribution in [2.45, 2.75) is 40.5 Å². The Morgan fingerprint density at radius 1 is 1.14 bits per heavy atom. The molecule has 1 heteroatoms. The second-order valence-electron chi connectivity index (χ2n) is 2.83. The molecular weight excluding hydrogens is 170 g/mol. The Hall–Kier alpha value is -1.11. The topological polar surface area (TPSA) is 12.9 Å². The number of nitrogens with zero attached hydrogens (tertiary/aromatic N) is 1. The zero-order valence-corrected chi connectivity index (χ0v) is 10.0. The molecule has 0 radical (unpaired) electrons. The quantitative estimate of drug-likeness (QED) is 0.610. The highest BCUT2D eigenvalue weighted by Gasteiger charge is 1.87. The highest BCUT2D eigenvalue weighted by Crippen LogP contribution is 1.97. The lowest BCUT2D eigenvalue weighted by molar-refractivity contribution is 1.01. The van der Waals surface area contributed by atoms with E-state index in [0.717, 1.165) is 12.1 Å². The molecule has 1 aromatic heterocycles. The van der Waals surface area contributed by atoms with Crippen LogP contribution in [0.4, 0.5) is 0 Å². The fraction of sp³-hybridized carbons (Fsp3) is 0.462. The lowest BCUT2D eigenvalue weighted by Crippen LogP contribution is -1.87. The normalized spacial score (nSPS) is 7.71. The van der Waals surface area contributed by atoms with Gasteiger partial charge in [-0.05, 0) is 25.5 Å². The summed E-state index contributed by atoms with van der Waals surface area (Å²) in [4.78, 5) is 4.29. The van der Waals surface area contributed by atoms with Gasteiger partial charge in [0.05, 0.1) is 0 Å². The number of aryl methyl sites for hydroxylation is 2. The summed E-state index contributed by atoms with van der Waals surface area (Å²) in [5.74, 6) is 0. The molecule has 0 aliphatic rings. The van der Waals surface area contributed by atoms with E-state index in [1.807, 2.05) is 25.1 Å². The summed E-state index contributed by atoms with van der Waals surface area (Å²) >= 11 is 0. The average Bonchev–Trinajstić information content (AvgIpc) is 2.22. The Morgan fingerprint density at radius 3 is 1.93 bits per heavy atom. The van der Waals surface area contributed by atoms with Gasteiger partial charge in [-0.15, -0.1) is 13.2 Å². The second kappa shape index (κ2) is 11.9. The lowest BCUT2D eigenvalue weighted by Gasteiger charge is -1.94. The zero-order valence-electron chi connectivity index (χ0n) is 10.0. The lowest BCUT2D eigenvalue weighted by atomic mass is 10.3. The maximum atomic E-state index is 4.29. The molecule has 0 aromatic carbocycles. The maximum Gasteiger partial charge on any atom is 0.0404 e. The summed E-state index contributed by atoms with van der Waals surface area (Å²) in [7, 11) is 0. The third kappa shape index (κ3) is 8.98. The van der Waals surface area contributed by atoms with Gasteiger partial charge < -0.3 is 0 Å². The molecule has 0 atom stereocenters. The van der Waals surface area contributed by atoms with Crippen LogP contribution in [0.2, 0.25) is 0 Å². The van der Waals surface area contributed by atoms with E-state index in [-0.39, 0.29) is 0 Å². The van der Waals surface area contributed by atoms with Gasteiger partial charge in [-0.2, -0.15) is 0 Å². The van der Waals surface area contributed by atoms with E-state index in [9.17, 15) is 0 Å². The van der Waals surface area contributed by atoms with Crippen LogP contribution in [0.25, 0.3) is 0 Å². The van der Waals surface area contributed by atoms with Crippen LogP contribution in [0.1, 0.15) is 38.6 Å². The number of pyridine rings is 1. The molecule has 1 aromatic rings. The Bertz CT molecular complexity index is 218. The molecule has 0 aliphatic carbocycles. The van der Waals surface area contributed by atoms with Crippen LogP contribution in [0.5, 0.6) is 0 Å². The molecule has 0 fully saturated rings. The number of hydrogen-bond donors (Lipinski definition) is 0. The van der Waals surface area contributed by atoms with Crippen LogP contribution < -0.4 is 0 Å². The van der Waals surface area contributed by atoms with E-state index in [0.29, 0.717) is 0 Å². The second-order valence-corrected chi connectivity index (χ2v) is 2.83. The van der Waals surface area contributed by atoms with Crippen molar-refractivity contribution in [3.05, 3.63) is 42.7 Å². The summed E-state index contributed by atoms with van der Waals surface area (Å²) in [5.41, 5.74) is 2.28. The molecule has 0 N–H and O–H groups in total. The van der Waals surface area contributed by atoms with E-state index < -0.39 is 0 Å². The Balaban J connectivity index is 0. The minimum atomic E-state index is 1.03. The molecule has 1 heterocycles. The van der Waals surface area contributed by atoms with E-state index in [1.54, 1.807) is 0 Å². The van der Waals surface area contributed by atoms with Crippen LogP contribution >= 0.6 is 0 Å². The predicted molar refractivity (Wildman–Crippen MR) is 65.6 cm³/mol. The number of aromatic nitrogens is 1. The summed E-state index contributed by atoms with van der Waals surface area (Å²) < 4.78 is 0. The molecule has 1 rings (SSSR count). The predicted octanol–water partition coefficient (Wildman–Crippen LogP) is 4.17. The molecule has 0 spiro atoms. The van der Waals surface area contributed by atoms with E-state index in [1.165, 1.54) is 12.1 Å². The minimum Gasteiger partial charge on any atom is -0.258 e. The van der Waals surface area contributed by atoms with Gasteiger partial charge in [-0.1, -0.05) is 33.3 Å². The van der Waals surface area contributed by atoms with Crippen molar-refractivity contribution in [2.75, 3.05) is 0 Å². The van der Waals surface area contributed by atoms with E-state index in [4.69, 9.17) is 0 Å². The summed E-state index contributed by atoms with van der Waals surface area (Å²) in [6, 6.07) is 6.10. The van der Waals surface area contributed by atoms with Crippen molar-refractivity contribution in [1.82, 2.24) is 4.98 Å². The molecule has 0 amide bonds. The molecule has 1 nitrogen and oxygen atoms in total. The maximum absolute atomic E-state index is 4.29. The fourth-order valence-electron chi connectivity index (χ4n) is 0.796. The first-order chi connectivity index (χ1) is 6.74. The molecule has 80 valence electrons. The van der Waals surface area contributed by atoms with Crippen LogP contribution in [-0.2, 0) is 6.42 Å². The molecule has 0 aliphatic heterocycles. The fourth-order valence-corrected chi connectivity index (χ4v) is 0.796. The van der Waals surface area contributed by atoms with Gasteiger partial charge in [0, 0.05) is 11.4 Å². The van der Waals surface area contributed by atoms with Crippen molar-refractivity contribution in [1.29, 1.82) is 0 Å². The van der Waals surface area contributed by atoms with Crippen LogP contribution in [0, 0.1) is 6.92 Å². The summed E-state index contributed by atoms with van der Waals surface area (Å²) in [6.45, 7) is 14.4. The summed E-state index contributed by atoms with van der Waals surface area (Å²) in [6.07, 6.45) is 2.28. The van der Waals surface area contributed by atoms with Crippen molar-refractivity contribution >= 4 is 0 Å². The highest BCUT2D eigenvalue weighted by molar-refractivity contribution is 5.09. The first-order valence-electron chi connectivity index (χ1n) is 5.17. The average molecular weight is 193 g/mol. The third-order valence-electron chi connectivity index (χ3n) is 1.31. The molecule has 14 heavy (non-hydrogen) atoms. The smallest absolute Gasteiger partial charge is 0.0404 e. The Labute approximate surface area is 88.9 Å². The minimum absolute atomic E-state index is 1.03. The molecule has 0 unspecified atom stereocenters. The standard InChI is InChI=1S/C8H11N.C3H8.C2H4/c1-3-8-6-4-5-7(2)9-8;1-3-2;1-2/h4-6H,3H2,1-2H3;3H2,1-2H3;1-2H2. The molecule has 0 bridgehead atoms. The van der Waals surface area contributed by atoms with Crippen LogP contribution in [0.3, 0.4) is 0 Å². The first kappa shape index (κ1) is 15.4. The van der Waals surface area contributed by atoms with Crippen molar-refractivity contribution < 1.29 is 0 Å². The first-order valence-corrected chi connectivity index (χ1v) is 5.17. The number of hydrogen-bond acceptors (Lipinski definition) is 1. The third-order valence-corrected chi connectivity index (χ3v) is 1.31.